The Kier molecular flexibility index (Phi) is 12.2. The number of nitrogens with one attached hydrogen (secondary N) is 2. The van der Waals surface area contributed by atoms with Gasteiger partial charge in [0.15, 0.2) is 0 Å². The third-order valence-corrected chi connectivity index (χ3v) is 5.92. The van der Waals surface area contributed by atoms with Crippen LogP contribution in [-0.2, 0) is 16.0 Å². The molecule has 1 aromatic rings. The number of anilines is 2. The molecule has 6 nitrogen and oxygen atoms in total. The lowest BCUT2D eigenvalue weighted by Crippen LogP contribution is -2.21. The second kappa shape index (κ2) is 14.1. The van der Waals surface area contributed by atoms with E-state index in [0.717, 1.165) is 62.5 Å². The molecule has 176 valence electrons. The zero-order chi connectivity index (χ0) is 23.4. The summed E-state index contributed by atoms with van der Waals surface area (Å²) in [5, 5.41) is 15.1. The van der Waals surface area contributed by atoms with Gasteiger partial charge in [0.25, 0.3) is 0 Å². The molecule has 1 aromatic carbocycles. The monoisotopic (exact) mass is 433 g/mol. The lowest BCUT2D eigenvalue weighted by Gasteiger charge is -2.25. The number of carbonyl (C=O) groups excluding carboxylic acids is 1. The minimum atomic E-state index is -0.593. The summed E-state index contributed by atoms with van der Waals surface area (Å²) in [5.74, 6) is 0.146. The number of hydrogen-bond donors (Lipinski definition) is 3. The SMILES string of the molecule is CCCC1CCC(C(=O)O)CC1.CCc1c(C)cc(NCCN(C)C)cc1NC(C)=O. The highest BCUT2D eigenvalue weighted by molar-refractivity contribution is 5.90. The smallest absolute Gasteiger partial charge is 0.306 e. The van der Waals surface area contributed by atoms with Gasteiger partial charge in [-0.2, -0.15) is 0 Å². The first-order valence-corrected chi connectivity index (χ1v) is 11.7. The Morgan fingerprint density at radius 3 is 2.26 bits per heavy atom. The second-order valence-electron chi connectivity index (χ2n) is 8.93. The van der Waals surface area contributed by atoms with E-state index in [1.165, 1.54) is 24.0 Å². The van der Waals surface area contributed by atoms with Crippen LogP contribution in [0, 0.1) is 18.8 Å². The molecule has 1 aliphatic rings. The Balaban J connectivity index is 0.000000343. The van der Waals surface area contributed by atoms with Crippen LogP contribution in [0.5, 0.6) is 0 Å². The second-order valence-corrected chi connectivity index (χ2v) is 8.93. The largest absolute Gasteiger partial charge is 0.481 e. The fraction of sp³-hybridized carbons (Fsp3) is 0.680. The van der Waals surface area contributed by atoms with Gasteiger partial charge in [-0.05, 0) is 82.3 Å². The van der Waals surface area contributed by atoms with Gasteiger partial charge in [0, 0.05) is 31.4 Å². The van der Waals surface area contributed by atoms with Crippen LogP contribution in [0.25, 0.3) is 0 Å². The van der Waals surface area contributed by atoms with Crippen molar-refractivity contribution in [2.45, 2.75) is 72.6 Å². The first-order valence-electron chi connectivity index (χ1n) is 11.7. The lowest BCUT2D eigenvalue weighted by atomic mass is 9.80. The summed E-state index contributed by atoms with van der Waals surface area (Å²) in [6, 6.07) is 4.16. The molecule has 1 aliphatic carbocycles. The van der Waals surface area contributed by atoms with Crippen LogP contribution in [0.2, 0.25) is 0 Å². The first kappa shape index (κ1) is 27.0. The van der Waals surface area contributed by atoms with Crippen molar-refractivity contribution < 1.29 is 14.7 Å². The maximum absolute atomic E-state index is 11.3. The number of carbonyl (C=O) groups is 2. The zero-order valence-electron chi connectivity index (χ0n) is 20.4. The predicted molar refractivity (Wildman–Crippen MR) is 130 cm³/mol. The summed E-state index contributed by atoms with van der Waals surface area (Å²) < 4.78 is 0. The van der Waals surface area contributed by atoms with Crippen LogP contribution >= 0.6 is 0 Å². The highest BCUT2D eigenvalue weighted by Gasteiger charge is 2.25. The van der Waals surface area contributed by atoms with E-state index < -0.39 is 5.97 Å². The summed E-state index contributed by atoms with van der Waals surface area (Å²) in [6.45, 7) is 9.79. The van der Waals surface area contributed by atoms with Gasteiger partial charge in [0.1, 0.15) is 0 Å². The van der Waals surface area contributed by atoms with Gasteiger partial charge in [-0.1, -0.05) is 26.7 Å². The zero-order valence-corrected chi connectivity index (χ0v) is 20.4. The summed E-state index contributed by atoms with van der Waals surface area (Å²) in [5.41, 5.74) is 4.39. The fourth-order valence-electron chi connectivity index (χ4n) is 4.22. The molecule has 0 atom stereocenters. The van der Waals surface area contributed by atoms with Crippen LogP contribution in [0.15, 0.2) is 12.1 Å². The minimum absolute atomic E-state index is 0.0282. The summed E-state index contributed by atoms with van der Waals surface area (Å²) >= 11 is 0. The molecule has 1 saturated carbocycles. The molecule has 0 heterocycles. The van der Waals surface area contributed by atoms with E-state index in [9.17, 15) is 9.59 Å². The molecule has 0 aromatic heterocycles. The van der Waals surface area contributed by atoms with Gasteiger partial charge in [-0.25, -0.2) is 0 Å². The average Bonchev–Trinajstić information content (AvgIpc) is 2.68. The topological polar surface area (TPSA) is 81.7 Å². The van der Waals surface area contributed by atoms with E-state index in [-0.39, 0.29) is 11.8 Å². The van der Waals surface area contributed by atoms with Crippen molar-refractivity contribution in [1.29, 1.82) is 0 Å². The molecular formula is C25H43N3O3. The summed E-state index contributed by atoms with van der Waals surface area (Å²) in [6.07, 6.45) is 7.50. The number of aryl methyl sites for hydroxylation is 1. The number of nitrogens with zero attached hydrogens (tertiary/aromatic N) is 1. The van der Waals surface area contributed by atoms with Crippen LogP contribution in [0.1, 0.15) is 70.4 Å². The molecule has 1 amide bonds. The van der Waals surface area contributed by atoms with Crippen LogP contribution < -0.4 is 10.6 Å². The van der Waals surface area contributed by atoms with Gasteiger partial charge in [-0.3, -0.25) is 9.59 Å². The van der Waals surface area contributed by atoms with Crippen molar-refractivity contribution in [3.8, 4) is 0 Å². The third-order valence-electron chi connectivity index (χ3n) is 5.92. The minimum Gasteiger partial charge on any atom is -0.481 e. The van der Waals surface area contributed by atoms with Crippen molar-refractivity contribution in [2.75, 3.05) is 37.8 Å². The van der Waals surface area contributed by atoms with Gasteiger partial charge in [-0.15, -0.1) is 0 Å². The maximum atomic E-state index is 11.3. The molecule has 6 heteroatoms. The van der Waals surface area contributed by atoms with Gasteiger partial charge in [0.2, 0.25) is 5.91 Å². The summed E-state index contributed by atoms with van der Waals surface area (Å²) in [7, 11) is 4.10. The highest BCUT2D eigenvalue weighted by atomic mass is 16.4. The van der Waals surface area contributed by atoms with Crippen molar-refractivity contribution in [1.82, 2.24) is 4.90 Å². The van der Waals surface area contributed by atoms with E-state index in [4.69, 9.17) is 5.11 Å². The first-order chi connectivity index (χ1) is 14.7. The Morgan fingerprint density at radius 2 is 1.77 bits per heavy atom. The Hall–Kier alpha value is -2.08. The van der Waals surface area contributed by atoms with E-state index in [1.807, 2.05) is 6.07 Å². The number of rotatable bonds is 9. The van der Waals surface area contributed by atoms with Gasteiger partial charge < -0.3 is 20.6 Å². The standard InChI is InChI=1S/C15H25N3O.C10H18O2/c1-6-14-11(2)9-13(16-7-8-18(4)5)10-15(14)17-12(3)19;1-2-3-8-4-6-9(7-5-8)10(11)12/h9-10,16H,6-8H2,1-5H3,(H,17,19);8-9H,2-7H2,1H3,(H,11,12). The molecule has 0 saturated heterocycles. The number of carboxylic acid groups (broad SMARTS) is 1. The molecule has 0 aliphatic heterocycles. The van der Waals surface area contributed by atoms with Gasteiger partial charge in [0.05, 0.1) is 5.92 Å². The molecule has 0 unspecified atom stereocenters. The fourth-order valence-corrected chi connectivity index (χ4v) is 4.22. The van der Waals surface area contributed by atoms with Crippen molar-refractivity contribution in [3.05, 3.63) is 23.3 Å². The van der Waals surface area contributed by atoms with E-state index in [2.05, 4.69) is 56.5 Å². The van der Waals surface area contributed by atoms with Crippen molar-refractivity contribution in [3.63, 3.8) is 0 Å². The number of amides is 1. The predicted octanol–water partition coefficient (Wildman–Crippen LogP) is 5.17. The number of likely N-dealkylation sites (N-methyl/N-ethyl adjacent to an activating group) is 1. The molecular weight excluding hydrogens is 390 g/mol. The van der Waals surface area contributed by atoms with E-state index in [1.54, 1.807) is 6.92 Å². The maximum Gasteiger partial charge on any atom is 0.306 e. The van der Waals surface area contributed by atoms with E-state index in [0.29, 0.717) is 0 Å². The molecule has 0 spiro atoms. The van der Waals surface area contributed by atoms with Crippen LogP contribution in [0.3, 0.4) is 0 Å². The number of hydrogen-bond acceptors (Lipinski definition) is 4. The molecule has 3 N–H and O–H groups in total. The van der Waals surface area contributed by atoms with Crippen LogP contribution in [0.4, 0.5) is 11.4 Å². The third kappa shape index (κ3) is 10.2. The number of carboxylic acids is 1. The number of aliphatic carboxylic acids is 1. The highest BCUT2D eigenvalue weighted by Crippen LogP contribution is 2.31. The molecule has 2 rings (SSSR count). The van der Waals surface area contributed by atoms with E-state index >= 15 is 0 Å². The Labute approximate surface area is 188 Å². The average molecular weight is 434 g/mol. The van der Waals surface area contributed by atoms with Crippen LogP contribution in [-0.4, -0.2) is 49.1 Å². The molecule has 31 heavy (non-hydrogen) atoms. The Bertz CT molecular complexity index is 695. The van der Waals surface area contributed by atoms with Crippen molar-refractivity contribution in [2.24, 2.45) is 11.8 Å². The molecule has 1 fully saturated rings. The number of benzene rings is 1. The lowest BCUT2D eigenvalue weighted by molar-refractivity contribution is -0.143. The quantitative estimate of drug-likeness (QED) is 0.501. The normalized spacial score (nSPS) is 18.2. The molecule has 0 bridgehead atoms. The Morgan fingerprint density at radius 1 is 1.13 bits per heavy atom. The molecule has 0 radical (unpaired) electrons. The summed E-state index contributed by atoms with van der Waals surface area (Å²) in [4.78, 5) is 24.0. The van der Waals surface area contributed by atoms with Gasteiger partial charge >= 0.3 is 5.97 Å². The van der Waals surface area contributed by atoms with Crippen molar-refractivity contribution >= 4 is 23.3 Å².